The first kappa shape index (κ1) is 12.9. The summed E-state index contributed by atoms with van der Waals surface area (Å²) in [7, 11) is 0. The monoisotopic (exact) mass is 187 g/mol. The van der Waals surface area contributed by atoms with Gasteiger partial charge in [0.2, 0.25) is 0 Å². The second-order valence-corrected chi connectivity index (χ2v) is 3.63. The lowest BCUT2D eigenvalue weighted by Gasteiger charge is -2.21. The van der Waals surface area contributed by atoms with Crippen molar-refractivity contribution in [2.75, 3.05) is 13.2 Å². The maximum Gasteiger partial charge on any atom is 0.0697 e. The molecule has 0 aliphatic carbocycles. The van der Waals surface area contributed by atoms with Crippen molar-refractivity contribution in [2.45, 2.75) is 59.1 Å². The van der Waals surface area contributed by atoms with Crippen LogP contribution in [0.3, 0.4) is 0 Å². The predicted molar refractivity (Wildman–Crippen MR) is 58.1 cm³/mol. The van der Waals surface area contributed by atoms with E-state index in [1.807, 2.05) is 0 Å². The molecule has 1 N–H and O–H groups in total. The van der Waals surface area contributed by atoms with Crippen LogP contribution >= 0.6 is 0 Å². The molecule has 0 aliphatic rings. The Morgan fingerprint density at radius 1 is 1.15 bits per heavy atom. The van der Waals surface area contributed by atoms with E-state index in [-0.39, 0.29) is 0 Å². The molecule has 13 heavy (non-hydrogen) atoms. The molecule has 0 rings (SSSR count). The van der Waals surface area contributed by atoms with Gasteiger partial charge in [0, 0.05) is 12.6 Å². The lowest BCUT2D eigenvalue weighted by molar-refractivity contribution is 0.0415. The highest BCUT2D eigenvalue weighted by Gasteiger charge is 2.09. The first-order chi connectivity index (χ1) is 6.22. The van der Waals surface area contributed by atoms with Crippen LogP contribution in [-0.2, 0) is 4.74 Å². The number of rotatable bonds is 8. The van der Waals surface area contributed by atoms with E-state index >= 15 is 0 Å². The highest BCUT2D eigenvalue weighted by molar-refractivity contribution is 4.66. The summed E-state index contributed by atoms with van der Waals surface area (Å²) >= 11 is 0. The van der Waals surface area contributed by atoms with E-state index in [1.165, 1.54) is 19.3 Å². The Bertz CT molecular complexity index is 106. The van der Waals surface area contributed by atoms with Crippen LogP contribution in [0, 0.1) is 0 Å². The van der Waals surface area contributed by atoms with Gasteiger partial charge >= 0.3 is 0 Å². The number of hydrogen-bond donors (Lipinski definition) is 1. The van der Waals surface area contributed by atoms with Crippen LogP contribution in [0.1, 0.15) is 47.0 Å². The second kappa shape index (κ2) is 8.52. The van der Waals surface area contributed by atoms with Crippen LogP contribution in [0.4, 0.5) is 0 Å². The number of likely N-dealkylation sites (N-methyl/N-ethyl adjacent to an activating group) is 1. The van der Waals surface area contributed by atoms with Crippen molar-refractivity contribution in [3.8, 4) is 0 Å². The zero-order valence-corrected chi connectivity index (χ0v) is 9.60. The van der Waals surface area contributed by atoms with E-state index in [0.29, 0.717) is 12.1 Å². The zero-order valence-electron chi connectivity index (χ0n) is 9.60. The molecule has 0 bridgehead atoms. The fraction of sp³-hybridized carbons (Fsp3) is 1.00. The van der Waals surface area contributed by atoms with Crippen molar-refractivity contribution < 1.29 is 4.74 Å². The molecule has 0 aromatic heterocycles. The average molecular weight is 187 g/mol. The summed E-state index contributed by atoms with van der Waals surface area (Å²) in [5.41, 5.74) is 0. The average Bonchev–Trinajstić information content (AvgIpc) is 2.12. The molecule has 2 nitrogen and oxygen atoms in total. The summed E-state index contributed by atoms with van der Waals surface area (Å²) in [6.07, 6.45) is 4.07. The summed E-state index contributed by atoms with van der Waals surface area (Å²) in [5, 5.41) is 3.36. The fourth-order valence-corrected chi connectivity index (χ4v) is 1.25. The molecule has 0 aromatic rings. The van der Waals surface area contributed by atoms with E-state index < -0.39 is 0 Å². The van der Waals surface area contributed by atoms with Gasteiger partial charge in [0.1, 0.15) is 0 Å². The molecule has 0 radical (unpaired) electrons. The van der Waals surface area contributed by atoms with Gasteiger partial charge in [-0.3, -0.25) is 0 Å². The standard InChI is InChI=1S/C11H25NO/c1-5-7-8-9-13-11(4)10(3)12-6-2/h10-12H,5-9H2,1-4H3. The SMILES string of the molecule is CCCCCOC(C)C(C)NCC. The van der Waals surface area contributed by atoms with Gasteiger partial charge in [-0.05, 0) is 26.8 Å². The molecule has 0 saturated heterocycles. The van der Waals surface area contributed by atoms with Gasteiger partial charge in [0.25, 0.3) is 0 Å². The lowest BCUT2D eigenvalue weighted by Crippen LogP contribution is -2.37. The van der Waals surface area contributed by atoms with Crippen LogP contribution < -0.4 is 5.32 Å². The number of unbranched alkanes of at least 4 members (excludes halogenated alkanes) is 2. The molecule has 2 unspecified atom stereocenters. The highest BCUT2D eigenvalue weighted by atomic mass is 16.5. The summed E-state index contributed by atoms with van der Waals surface area (Å²) in [6, 6.07) is 0.464. The van der Waals surface area contributed by atoms with E-state index in [0.717, 1.165) is 13.2 Å². The minimum Gasteiger partial charge on any atom is -0.377 e. The van der Waals surface area contributed by atoms with Gasteiger partial charge in [-0.25, -0.2) is 0 Å². The third-order valence-electron chi connectivity index (χ3n) is 2.36. The van der Waals surface area contributed by atoms with Crippen LogP contribution in [0.2, 0.25) is 0 Å². The molecular formula is C11H25NO. The molecule has 2 atom stereocenters. The smallest absolute Gasteiger partial charge is 0.0697 e. The maximum atomic E-state index is 5.70. The molecule has 2 heteroatoms. The normalized spacial score (nSPS) is 15.7. The minimum absolute atomic E-state index is 0.330. The second-order valence-electron chi connectivity index (χ2n) is 3.63. The molecular weight excluding hydrogens is 162 g/mol. The van der Waals surface area contributed by atoms with Gasteiger partial charge in [-0.2, -0.15) is 0 Å². The van der Waals surface area contributed by atoms with Crippen LogP contribution in [0.15, 0.2) is 0 Å². The number of ether oxygens (including phenoxy) is 1. The third kappa shape index (κ3) is 7.03. The quantitative estimate of drug-likeness (QED) is 0.590. The maximum absolute atomic E-state index is 5.70. The van der Waals surface area contributed by atoms with Crippen molar-refractivity contribution in [2.24, 2.45) is 0 Å². The molecule has 0 amide bonds. The molecule has 0 heterocycles. The van der Waals surface area contributed by atoms with E-state index in [2.05, 4.69) is 33.0 Å². The van der Waals surface area contributed by atoms with Crippen LogP contribution in [0.5, 0.6) is 0 Å². The van der Waals surface area contributed by atoms with Gasteiger partial charge in [-0.1, -0.05) is 26.7 Å². The molecule has 0 saturated carbocycles. The fourth-order valence-electron chi connectivity index (χ4n) is 1.25. The molecule has 0 spiro atoms. The van der Waals surface area contributed by atoms with Gasteiger partial charge in [0.15, 0.2) is 0 Å². The van der Waals surface area contributed by atoms with Crippen LogP contribution in [-0.4, -0.2) is 25.3 Å². The highest BCUT2D eigenvalue weighted by Crippen LogP contribution is 2.01. The van der Waals surface area contributed by atoms with E-state index in [9.17, 15) is 0 Å². The first-order valence-corrected chi connectivity index (χ1v) is 5.57. The third-order valence-corrected chi connectivity index (χ3v) is 2.36. The summed E-state index contributed by atoms with van der Waals surface area (Å²) in [4.78, 5) is 0. The minimum atomic E-state index is 0.330. The van der Waals surface area contributed by atoms with Crippen molar-refractivity contribution in [1.82, 2.24) is 5.32 Å². The van der Waals surface area contributed by atoms with Crippen LogP contribution in [0.25, 0.3) is 0 Å². The molecule has 0 fully saturated rings. The zero-order chi connectivity index (χ0) is 10.1. The summed E-state index contributed by atoms with van der Waals surface area (Å²) < 4.78 is 5.70. The molecule has 80 valence electrons. The Morgan fingerprint density at radius 3 is 2.38 bits per heavy atom. The Kier molecular flexibility index (Phi) is 8.46. The topological polar surface area (TPSA) is 21.3 Å². The van der Waals surface area contributed by atoms with Crippen molar-refractivity contribution >= 4 is 0 Å². The van der Waals surface area contributed by atoms with Gasteiger partial charge in [0.05, 0.1) is 6.10 Å². The van der Waals surface area contributed by atoms with Gasteiger partial charge in [-0.15, -0.1) is 0 Å². The summed E-state index contributed by atoms with van der Waals surface area (Å²) in [6.45, 7) is 10.6. The van der Waals surface area contributed by atoms with Crippen molar-refractivity contribution in [3.63, 3.8) is 0 Å². The predicted octanol–water partition coefficient (Wildman–Crippen LogP) is 2.58. The Hall–Kier alpha value is -0.0800. The number of hydrogen-bond acceptors (Lipinski definition) is 2. The first-order valence-electron chi connectivity index (χ1n) is 5.57. The van der Waals surface area contributed by atoms with E-state index in [1.54, 1.807) is 0 Å². The van der Waals surface area contributed by atoms with Gasteiger partial charge < -0.3 is 10.1 Å². The number of nitrogens with one attached hydrogen (secondary N) is 1. The molecule has 0 aliphatic heterocycles. The lowest BCUT2D eigenvalue weighted by atomic mass is 10.2. The largest absolute Gasteiger partial charge is 0.377 e. The summed E-state index contributed by atoms with van der Waals surface area (Å²) in [5.74, 6) is 0. The van der Waals surface area contributed by atoms with Crippen molar-refractivity contribution in [3.05, 3.63) is 0 Å². The Balaban J connectivity index is 3.32. The Labute approximate surface area is 83.1 Å². The van der Waals surface area contributed by atoms with E-state index in [4.69, 9.17) is 4.74 Å². The van der Waals surface area contributed by atoms with Crippen molar-refractivity contribution in [1.29, 1.82) is 0 Å². The Morgan fingerprint density at radius 2 is 1.85 bits per heavy atom. The molecule has 0 aromatic carbocycles.